The van der Waals surface area contributed by atoms with E-state index in [9.17, 15) is 4.79 Å². The average Bonchev–Trinajstić information content (AvgIpc) is 3.26. The number of likely N-dealkylation sites (N-methyl/N-ethyl adjacent to an activating group) is 1. The van der Waals surface area contributed by atoms with Crippen LogP contribution in [0.15, 0.2) is 60.8 Å². The number of carbonyl (C=O) groups is 1. The minimum Gasteiger partial charge on any atom is -0.369 e. The van der Waals surface area contributed by atoms with E-state index in [1.54, 1.807) is 6.20 Å². The van der Waals surface area contributed by atoms with Crippen LogP contribution in [0.3, 0.4) is 0 Å². The summed E-state index contributed by atoms with van der Waals surface area (Å²) in [4.78, 5) is 22.4. The van der Waals surface area contributed by atoms with Gasteiger partial charge in [-0.2, -0.15) is 0 Å². The van der Waals surface area contributed by atoms with Gasteiger partial charge in [0.15, 0.2) is 0 Å². The van der Waals surface area contributed by atoms with Gasteiger partial charge in [-0.05, 0) is 30.8 Å². The molecule has 5 nitrogen and oxygen atoms in total. The van der Waals surface area contributed by atoms with Gasteiger partial charge in [-0.25, -0.2) is 4.98 Å². The highest BCUT2D eigenvalue weighted by Gasteiger charge is 2.16. The van der Waals surface area contributed by atoms with Crippen molar-refractivity contribution in [1.82, 2.24) is 9.88 Å². The van der Waals surface area contributed by atoms with Gasteiger partial charge >= 0.3 is 0 Å². The van der Waals surface area contributed by atoms with Gasteiger partial charge < -0.3 is 15.1 Å². The zero-order valence-electron chi connectivity index (χ0n) is 16.0. The van der Waals surface area contributed by atoms with Gasteiger partial charge in [-0.3, -0.25) is 4.79 Å². The van der Waals surface area contributed by atoms with E-state index in [4.69, 9.17) is 0 Å². The summed E-state index contributed by atoms with van der Waals surface area (Å²) in [6.45, 7) is 7.61. The normalized spacial score (nSPS) is 14.8. The fraction of sp³-hybridized carbons (Fsp3) is 0.273. The standard InChI is InChI=1S/C22H24N4OS/c1-2-25-12-14-26(15-13-25)19-10-8-18(9-11-19)24-21(27)20-16-23-22(28-20)17-6-4-3-5-7-17/h3-11,16H,2,12-15H2,1H3,(H,24,27). The van der Waals surface area contributed by atoms with Crippen LogP contribution in [0.25, 0.3) is 10.6 Å². The second-order valence-electron chi connectivity index (χ2n) is 6.82. The van der Waals surface area contributed by atoms with E-state index in [0.29, 0.717) is 4.88 Å². The summed E-state index contributed by atoms with van der Waals surface area (Å²) in [5, 5.41) is 3.83. The van der Waals surface area contributed by atoms with Crippen LogP contribution in [0.2, 0.25) is 0 Å². The number of nitrogens with zero attached hydrogens (tertiary/aromatic N) is 3. The lowest BCUT2D eigenvalue weighted by atomic mass is 10.2. The van der Waals surface area contributed by atoms with Crippen LogP contribution in [0.5, 0.6) is 0 Å². The van der Waals surface area contributed by atoms with Crippen molar-refractivity contribution in [3.63, 3.8) is 0 Å². The molecule has 1 aliphatic rings. The number of carbonyl (C=O) groups excluding carboxylic acids is 1. The number of thiazole rings is 1. The zero-order valence-corrected chi connectivity index (χ0v) is 16.8. The van der Waals surface area contributed by atoms with E-state index in [2.05, 4.69) is 39.2 Å². The number of hydrogen-bond donors (Lipinski definition) is 1. The molecule has 3 aromatic rings. The first kappa shape index (κ1) is 18.7. The van der Waals surface area contributed by atoms with Gasteiger partial charge in [0.05, 0.1) is 6.20 Å². The van der Waals surface area contributed by atoms with Crippen LogP contribution in [-0.4, -0.2) is 48.5 Å². The van der Waals surface area contributed by atoms with E-state index in [1.807, 2.05) is 42.5 Å². The van der Waals surface area contributed by atoms with Crippen molar-refractivity contribution in [2.24, 2.45) is 0 Å². The minimum atomic E-state index is -0.121. The highest BCUT2D eigenvalue weighted by molar-refractivity contribution is 7.17. The number of piperazine rings is 1. The smallest absolute Gasteiger partial charge is 0.267 e. The van der Waals surface area contributed by atoms with E-state index in [1.165, 1.54) is 17.0 Å². The van der Waals surface area contributed by atoms with Crippen LogP contribution in [0, 0.1) is 0 Å². The molecule has 28 heavy (non-hydrogen) atoms. The van der Waals surface area contributed by atoms with Gasteiger partial charge in [0.2, 0.25) is 0 Å². The third-order valence-electron chi connectivity index (χ3n) is 5.06. The van der Waals surface area contributed by atoms with Crippen molar-refractivity contribution >= 4 is 28.6 Å². The molecule has 6 heteroatoms. The molecule has 0 atom stereocenters. The van der Waals surface area contributed by atoms with E-state index in [-0.39, 0.29) is 5.91 Å². The predicted octanol–water partition coefficient (Wildman–Crippen LogP) is 4.20. The van der Waals surface area contributed by atoms with E-state index >= 15 is 0 Å². The van der Waals surface area contributed by atoms with Gasteiger partial charge in [0.25, 0.3) is 5.91 Å². The molecule has 1 N–H and O–H groups in total. The number of amides is 1. The first-order chi connectivity index (χ1) is 13.7. The molecule has 1 fully saturated rings. The van der Waals surface area contributed by atoms with Crippen molar-refractivity contribution in [1.29, 1.82) is 0 Å². The Kier molecular flexibility index (Phi) is 5.69. The Balaban J connectivity index is 1.38. The highest BCUT2D eigenvalue weighted by atomic mass is 32.1. The number of benzene rings is 2. The van der Waals surface area contributed by atoms with Crippen LogP contribution >= 0.6 is 11.3 Å². The molecule has 4 rings (SSSR count). The fourth-order valence-electron chi connectivity index (χ4n) is 3.36. The van der Waals surface area contributed by atoms with Crippen LogP contribution in [0.4, 0.5) is 11.4 Å². The van der Waals surface area contributed by atoms with Crippen LogP contribution in [0.1, 0.15) is 16.6 Å². The molecule has 0 saturated carbocycles. The lowest BCUT2D eigenvalue weighted by Crippen LogP contribution is -2.46. The quantitative estimate of drug-likeness (QED) is 0.707. The largest absolute Gasteiger partial charge is 0.369 e. The van der Waals surface area contributed by atoms with Crippen molar-refractivity contribution in [2.45, 2.75) is 6.92 Å². The molecule has 2 heterocycles. The van der Waals surface area contributed by atoms with Crippen molar-refractivity contribution in [3.8, 4) is 10.6 Å². The SMILES string of the molecule is CCN1CCN(c2ccc(NC(=O)c3cnc(-c4ccccc4)s3)cc2)CC1. The first-order valence-corrected chi connectivity index (χ1v) is 10.4. The average molecular weight is 393 g/mol. The summed E-state index contributed by atoms with van der Waals surface area (Å²) < 4.78 is 0. The van der Waals surface area contributed by atoms with Crippen molar-refractivity contribution in [2.75, 3.05) is 42.9 Å². The Morgan fingerprint density at radius 1 is 1.04 bits per heavy atom. The minimum absolute atomic E-state index is 0.121. The summed E-state index contributed by atoms with van der Waals surface area (Å²) in [7, 11) is 0. The fourth-order valence-corrected chi connectivity index (χ4v) is 4.18. The maximum atomic E-state index is 12.6. The predicted molar refractivity (Wildman–Crippen MR) is 116 cm³/mol. The molecule has 1 aliphatic heterocycles. The Bertz CT molecular complexity index is 915. The Morgan fingerprint density at radius 3 is 2.43 bits per heavy atom. The van der Waals surface area contributed by atoms with Gasteiger partial charge in [0, 0.05) is 43.1 Å². The lowest BCUT2D eigenvalue weighted by molar-refractivity contribution is 0.103. The zero-order chi connectivity index (χ0) is 19.3. The summed E-state index contributed by atoms with van der Waals surface area (Å²) in [5.74, 6) is -0.121. The maximum Gasteiger partial charge on any atom is 0.267 e. The molecule has 0 unspecified atom stereocenters. The number of nitrogens with one attached hydrogen (secondary N) is 1. The molecule has 1 amide bonds. The summed E-state index contributed by atoms with van der Waals surface area (Å²) >= 11 is 1.41. The highest BCUT2D eigenvalue weighted by Crippen LogP contribution is 2.26. The molecule has 144 valence electrons. The number of rotatable bonds is 5. The molecule has 0 bridgehead atoms. The molecule has 0 radical (unpaired) electrons. The van der Waals surface area contributed by atoms with E-state index in [0.717, 1.165) is 49.0 Å². The third-order valence-corrected chi connectivity index (χ3v) is 6.11. The molecule has 0 aliphatic carbocycles. The van der Waals surface area contributed by atoms with E-state index < -0.39 is 0 Å². The number of aromatic nitrogens is 1. The topological polar surface area (TPSA) is 48.5 Å². The molecule has 1 aromatic heterocycles. The van der Waals surface area contributed by atoms with Crippen LogP contribution in [-0.2, 0) is 0 Å². The van der Waals surface area contributed by atoms with Crippen molar-refractivity contribution < 1.29 is 4.79 Å². The number of anilines is 2. The Hall–Kier alpha value is -2.70. The second-order valence-corrected chi connectivity index (χ2v) is 7.85. The lowest BCUT2D eigenvalue weighted by Gasteiger charge is -2.35. The summed E-state index contributed by atoms with van der Waals surface area (Å²) in [6.07, 6.45) is 1.64. The van der Waals surface area contributed by atoms with Gasteiger partial charge in [0.1, 0.15) is 9.88 Å². The first-order valence-electron chi connectivity index (χ1n) is 9.63. The van der Waals surface area contributed by atoms with Crippen LogP contribution < -0.4 is 10.2 Å². The van der Waals surface area contributed by atoms with Crippen molar-refractivity contribution in [3.05, 3.63) is 65.7 Å². The number of hydrogen-bond acceptors (Lipinski definition) is 5. The molecule has 1 saturated heterocycles. The summed E-state index contributed by atoms with van der Waals surface area (Å²) in [5.41, 5.74) is 3.03. The second kappa shape index (κ2) is 8.54. The third kappa shape index (κ3) is 4.24. The molecular formula is C22H24N4OS. The summed E-state index contributed by atoms with van der Waals surface area (Å²) in [6, 6.07) is 18.0. The monoisotopic (exact) mass is 392 g/mol. The Labute approximate surface area is 169 Å². The molecule has 0 spiro atoms. The van der Waals surface area contributed by atoms with Gasteiger partial charge in [-0.1, -0.05) is 37.3 Å². The molecule has 2 aromatic carbocycles. The maximum absolute atomic E-state index is 12.6. The van der Waals surface area contributed by atoms with Gasteiger partial charge in [-0.15, -0.1) is 11.3 Å². The molecular weight excluding hydrogens is 368 g/mol. The Morgan fingerprint density at radius 2 is 1.75 bits per heavy atom.